The number of hydrogen-bond donors (Lipinski definition) is 2. The topological polar surface area (TPSA) is 43.1 Å². The van der Waals surface area contributed by atoms with Gasteiger partial charge in [0.1, 0.15) is 0 Å². The number of halogens is 1. The van der Waals surface area contributed by atoms with E-state index in [9.17, 15) is 4.79 Å². The third kappa shape index (κ3) is 3.31. The highest BCUT2D eigenvalue weighted by Crippen LogP contribution is 1.92. The van der Waals surface area contributed by atoms with Gasteiger partial charge in [-0.05, 0) is 0 Å². The second-order valence-electron chi connectivity index (χ2n) is 1.09. The Hall–Kier alpha value is 0.710. The Balaban J connectivity index is 3.34. The summed E-state index contributed by atoms with van der Waals surface area (Å²) >= 11 is 5.46. The van der Waals surface area contributed by atoms with Crippen LogP contribution in [0.2, 0.25) is 0 Å². The lowest BCUT2D eigenvalue weighted by molar-refractivity contribution is -0.110. The molecule has 0 aromatic heterocycles. The molecule has 0 rings (SSSR count). The SMILES string of the molecule is N[C@@H](CS)C(=O)I. The van der Waals surface area contributed by atoms with Crippen LogP contribution in [0.1, 0.15) is 0 Å². The molecule has 2 N–H and O–H groups in total. The average molecular weight is 231 g/mol. The normalized spacial score (nSPS) is 13.6. The minimum Gasteiger partial charge on any atom is -0.320 e. The standard InChI is InChI=1S/C3H6INOS/c4-3(6)2(5)1-7/h2,7H,1,5H2/t2-/m0/s1. The van der Waals surface area contributed by atoms with Gasteiger partial charge in [-0.2, -0.15) is 12.6 Å². The van der Waals surface area contributed by atoms with E-state index < -0.39 is 0 Å². The molecular formula is C3H6INOS. The molecule has 0 fully saturated rings. The lowest BCUT2D eigenvalue weighted by atomic mass is 10.4. The molecule has 0 aromatic carbocycles. The summed E-state index contributed by atoms with van der Waals surface area (Å²) in [5.74, 6) is 0.432. The molecule has 0 aliphatic carbocycles. The maximum atomic E-state index is 10.2. The predicted octanol–water partition coefficient (Wildman–Crippen LogP) is 0.205. The van der Waals surface area contributed by atoms with Crippen LogP contribution in [0.4, 0.5) is 0 Å². The lowest BCUT2D eigenvalue weighted by Crippen LogP contribution is -2.27. The monoisotopic (exact) mass is 231 g/mol. The molecule has 0 radical (unpaired) electrons. The molecule has 0 heterocycles. The summed E-state index contributed by atoms with van der Waals surface area (Å²) in [6, 6.07) is -0.385. The quantitative estimate of drug-likeness (QED) is 0.405. The van der Waals surface area contributed by atoms with E-state index in [4.69, 9.17) is 5.73 Å². The zero-order valence-electron chi connectivity index (χ0n) is 3.60. The molecule has 0 amide bonds. The largest absolute Gasteiger partial charge is 0.320 e. The van der Waals surface area contributed by atoms with Crippen LogP contribution in [-0.4, -0.2) is 15.6 Å². The van der Waals surface area contributed by atoms with Crippen molar-refractivity contribution < 1.29 is 4.79 Å². The van der Waals surface area contributed by atoms with Gasteiger partial charge in [0.2, 0.25) is 3.79 Å². The van der Waals surface area contributed by atoms with E-state index in [1.807, 2.05) is 0 Å². The summed E-state index contributed by atoms with van der Waals surface area (Å²) in [6.07, 6.45) is 0. The van der Waals surface area contributed by atoms with Crippen LogP contribution in [0.3, 0.4) is 0 Å². The van der Waals surface area contributed by atoms with E-state index >= 15 is 0 Å². The molecular weight excluding hydrogens is 225 g/mol. The highest BCUT2D eigenvalue weighted by atomic mass is 127. The second-order valence-corrected chi connectivity index (χ2v) is 2.52. The molecule has 2 nitrogen and oxygen atoms in total. The molecule has 0 unspecified atom stereocenters. The summed E-state index contributed by atoms with van der Waals surface area (Å²) in [5.41, 5.74) is 5.18. The second kappa shape index (κ2) is 3.68. The Kier molecular flexibility index (Phi) is 4.05. The zero-order chi connectivity index (χ0) is 5.86. The third-order valence-electron chi connectivity index (χ3n) is 0.488. The van der Waals surface area contributed by atoms with Crippen molar-refractivity contribution >= 4 is 39.0 Å². The summed E-state index contributed by atoms with van der Waals surface area (Å²) in [7, 11) is 0. The number of hydrogen-bond acceptors (Lipinski definition) is 3. The first-order chi connectivity index (χ1) is 3.18. The van der Waals surface area contributed by atoms with E-state index in [2.05, 4.69) is 12.6 Å². The van der Waals surface area contributed by atoms with Crippen molar-refractivity contribution in [3.63, 3.8) is 0 Å². The molecule has 0 saturated carbocycles. The number of thiol groups is 1. The molecule has 0 aliphatic heterocycles. The Morgan fingerprint density at radius 1 is 2.00 bits per heavy atom. The fraction of sp³-hybridized carbons (Fsp3) is 0.667. The van der Waals surface area contributed by atoms with E-state index in [-0.39, 0.29) is 9.83 Å². The molecule has 1 atom stereocenters. The van der Waals surface area contributed by atoms with E-state index in [0.717, 1.165) is 0 Å². The Morgan fingerprint density at radius 2 is 2.43 bits per heavy atom. The molecule has 4 heteroatoms. The minimum absolute atomic E-state index is 0.0346. The fourth-order valence-electron chi connectivity index (χ4n) is 0.0718. The first kappa shape index (κ1) is 7.71. The number of rotatable bonds is 2. The molecule has 0 spiro atoms. The first-order valence-corrected chi connectivity index (χ1v) is 3.45. The smallest absolute Gasteiger partial charge is 0.209 e. The molecule has 0 aromatic rings. The van der Waals surface area contributed by atoms with Crippen molar-refractivity contribution in [2.24, 2.45) is 5.73 Å². The van der Waals surface area contributed by atoms with Gasteiger partial charge in [-0.3, -0.25) is 4.79 Å². The van der Waals surface area contributed by atoms with Gasteiger partial charge in [0.15, 0.2) is 0 Å². The maximum absolute atomic E-state index is 10.2. The van der Waals surface area contributed by atoms with Gasteiger partial charge in [0, 0.05) is 28.3 Å². The van der Waals surface area contributed by atoms with E-state index in [0.29, 0.717) is 5.75 Å². The first-order valence-electron chi connectivity index (χ1n) is 1.74. The number of carbonyl (C=O) groups is 1. The highest BCUT2D eigenvalue weighted by molar-refractivity contribution is 14.1. The van der Waals surface area contributed by atoms with Crippen molar-refractivity contribution in [2.75, 3.05) is 5.75 Å². The van der Waals surface area contributed by atoms with E-state index in [1.165, 1.54) is 0 Å². The van der Waals surface area contributed by atoms with Gasteiger partial charge in [-0.1, -0.05) is 0 Å². The van der Waals surface area contributed by atoms with Crippen LogP contribution in [0.25, 0.3) is 0 Å². The molecule has 42 valence electrons. The highest BCUT2D eigenvalue weighted by Gasteiger charge is 2.04. The molecule has 0 aliphatic rings. The van der Waals surface area contributed by atoms with Gasteiger partial charge in [0.05, 0.1) is 6.04 Å². The number of carbonyl (C=O) groups excluding carboxylic acids is 1. The van der Waals surface area contributed by atoms with Gasteiger partial charge >= 0.3 is 0 Å². The van der Waals surface area contributed by atoms with Crippen LogP contribution in [-0.2, 0) is 4.79 Å². The fourth-order valence-corrected chi connectivity index (χ4v) is 0.806. The summed E-state index contributed by atoms with van der Waals surface area (Å²) in [4.78, 5) is 10.2. The van der Waals surface area contributed by atoms with Gasteiger partial charge in [-0.25, -0.2) is 0 Å². The van der Waals surface area contributed by atoms with Crippen LogP contribution in [0.15, 0.2) is 0 Å². The van der Waals surface area contributed by atoms with Crippen molar-refractivity contribution in [1.82, 2.24) is 0 Å². The summed E-state index contributed by atoms with van der Waals surface area (Å²) < 4.78 is -0.0346. The summed E-state index contributed by atoms with van der Waals surface area (Å²) in [6.45, 7) is 0. The van der Waals surface area contributed by atoms with Crippen molar-refractivity contribution in [3.05, 3.63) is 0 Å². The van der Waals surface area contributed by atoms with Crippen molar-refractivity contribution in [1.29, 1.82) is 0 Å². The van der Waals surface area contributed by atoms with Gasteiger partial charge in [-0.15, -0.1) is 0 Å². The molecule has 7 heavy (non-hydrogen) atoms. The average Bonchev–Trinajstić information content (AvgIpc) is 1.65. The van der Waals surface area contributed by atoms with Crippen molar-refractivity contribution in [2.45, 2.75) is 6.04 Å². The number of nitrogens with two attached hydrogens (primary N) is 1. The maximum Gasteiger partial charge on any atom is 0.209 e. The minimum atomic E-state index is -0.385. The zero-order valence-corrected chi connectivity index (χ0v) is 6.65. The summed E-state index contributed by atoms with van der Waals surface area (Å²) in [5, 5.41) is 0. The van der Waals surface area contributed by atoms with Crippen molar-refractivity contribution in [3.8, 4) is 0 Å². The Bertz CT molecular complexity index is 77.3. The molecule has 0 bridgehead atoms. The third-order valence-corrected chi connectivity index (χ3v) is 1.68. The Labute approximate surface area is 61.4 Å². The van der Waals surface area contributed by atoms with Crippen LogP contribution in [0, 0.1) is 0 Å². The predicted molar refractivity (Wildman–Crippen MR) is 40.9 cm³/mol. The van der Waals surface area contributed by atoms with Crippen LogP contribution in [0.5, 0.6) is 0 Å². The Morgan fingerprint density at radius 3 is 2.43 bits per heavy atom. The van der Waals surface area contributed by atoms with E-state index in [1.54, 1.807) is 22.6 Å². The van der Waals surface area contributed by atoms with Gasteiger partial charge < -0.3 is 5.73 Å². The van der Waals surface area contributed by atoms with Crippen LogP contribution < -0.4 is 5.73 Å². The molecule has 0 saturated heterocycles. The lowest BCUT2D eigenvalue weighted by Gasteiger charge is -1.96. The van der Waals surface area contributed by atoms with Crippen LogP contribution >= 0.6 is 35.2 Å². The van der Waals surface area contributed by atoms with Gasteiger partial charge in [0.25, 0.3) is 0 Å².